The number of hydrogen-bond donors (Lipinski definition) is 1. The molecule has 4 heteroatoms. The lowest BCUT2D eigenvalue weighted by Gasteiger charge is -2.39. The van der Waals surface area contributed by atoms with Crippen LogP contribution in [0.5, 0.6) is 0 Å². The van der Waals surface area contributed by atoms with Crippen LogP contribution in [0.2, 0.25) is 0 Å². The molecule has 0 radical (unpaired) electrons. The molecule has 2 fully saturated rings. The third-order valence-corrected chi connectivity index (χ3v) is 3.33. The van der Waals surface area contributed by atoms with Crippen molar-refractivity contribution in [2.24, 2.45) is 5.73 Å². The van der Waals surface area contributed by atoms with Crippen molar-refractivity contribution in [2.45, 2.75) is 37.5 Å². The second-order valence-corrected chi connectivity index (χ2v) is 4.31. The van der Waals surface area contributed by atoms with Crippen LogP contribution in [0, 0.1) is 0 Å². The summed E-state index contributed by atoms with van der Waals surface area (Å²) < 4.78 is 18.7. The maximum atomic E-state index is 13.4. The molecule has 0 aromatic heterocycles. The molecule has 0 amide bonds. The fourth-order valence-electron chi connectivity index (χ4n) is 2.33. The monoisotopic (exact) mass is 202 g/mol. The van der Waals surface area contributed by atoms with Gasteiger partial charge in [-0.25, -0.2) is 4.39 Å². The molecule has 3 nitrogen and oxygen atoms in total. The SMILES string of the molecule is N[C@H]1CCN(C2CCOCC2)C[C@H]1F. The number of hydrogen-bond acceptors (Lipinski definition) is 3. The molecule has 2 aliphatic heterocycles. The van der Waals surface area contributed by atoms with Gasteiger partial charge in [0, 0.05) is 38.4 Å². The first-order valence-electron chi connectivity index (χ1n) is 5.49. The summed E-state index contributed by atoms with van der Waals surface area (Å²) in [6, 6.07) is 0.278. The highest BCUT2D eigenvalue weighted by molar-refractivity contribution is 4.86. The minimum absolute atomic E-state index is 0.244. The Morgan fingerprint density at radius 2 is 1.93 bits per heavy atom. The summed E-state index contributed by atoms with van der Waals surface area (Å²) in [6.07, 6.45) is 2.04. The van der Waals surface area contributed by atoms with Crippen LogP contribution in [0.15, 0.2) is 0 Å². The molecule has 0 spiro atoms. The van der Waals surface area contributed by atoms with E-state index in [0.717, 1.165) is 39.0 Å². The summed E-state index contributed by atoms with van der Waals surface area (Å²) in [7, 11) is 0. The summed E-state index contributed by atoms with van der Waals surface area (Å²) in [6.45, 7) is 3.12. The predicted octanol–water partition coefficient (Wildman–Crippen LogP) is 0.536. The zero-order chi connectivity index (χ0) is 9.97. The molecule has 2 atom stereocenters. The maximum absolute atomic E-state index is 13.4. The quantitative estimate of drug-likeness (QED) is 0.674. The standard InChI is InChI=1S/C10H19FN2O/c11-9-7-13(4-1-10(9)12)8-2-5-14-6-3-8/h8-10H,1-7,12H2/t9-,10+/m1/s1. The van der Waals surface area contributed by atoms with E-state index in [-0.39, 0.29) is 6.04 Å². The Morgan fingerprint density at radius 3 is 2.57 bits per heavy atom. The van der Waals surface area contributed by atoms with Gasteiger partial charge in [-0.05, 0) is 19.3 Å². The van der Waals surface area contributed by atoms with Crippen molar-refractivity contribution in [3.8, 4) is 0 Å². The number of nitrogens with two attached hydrogens (primary N) is 1. The second-order valence-electron chi connectivity index (χ2n) is 4.31. The van der Waals surface area contributed by atoms with Crippen LogP contribution < -0.4 is 5.73 Å². The molecule has 2 N–H and O–H groups in total. The van der Waals surface area contributed by atoms with Gasteiger partial charge in [0.05, 0.1) is 0 Å². The van der Waals surface area contributed by atoms with E-state index in [1.807, 2.05) is 0 Å². The molecule has 0 saturated carbocycles. The highest BCUT2D eigenvalue weighted by Crippen LogP contribution is 2.20. The largest absolute Gasteiger partial charge is 0.381 e. The van der Waals surface area contributed by atoms with E-state index < -0.39 is 6.17 Å². The zero-order valence-corrected chi connectivity index (χ0v) is 8.49. The van der Waals surface area contributed by atoms with Crippen LogP contribution >= 0.6 is 0 Å². The molecule has 0 aromatic rings. The molecule has 0 aromatic carbocycles. The summed E-state index contributed by atoms with van der Waals surface area (Å²) in [5, 5.41) is 0. The van der Waals surface area contributed by atoms with Crippen LogP contribution in [-0.4, -0.2) is 49.5 Å². The van der Waals surface area contributed by atoms with Gasteiger partial charge in [-0.3, -0.25) is 4.90 Å². The van der Waals surface area contributed by atoms with E-state index in [0.29, 0.717) is 12.6 Å². The van der Waals surface area contributed by atoms with Gasteiger partial charge in [-0.1, -0.05) is 0 Å². The van der Waals surface area contributed by atoms with Crippen LogP contribution in [0.1, 0.15) is 19.3 Å². The van der Waals surface area contributed by atoms with Gasteiger partial charge in [-0.2, -0.15) is 0 Å². The highest BCUT2D eigenvalue weighted by atomic mass is 19.1. The average Bonchev–Trinajstić information content (AvgIpc) is 2.23. The van der Waals surface area contributed by atoms with Crippen molar-refractivity contribution in [3.63, 3.8) is 0 Å². The Kier molecular flexibility index (Phi) is 3.36. The van der Waals surface area contributed by atoms with Crippen LogP contribution in [0.3, 0.4) is 0 Å². The van der Waals surface area contributed by atoms with Crippen molar-refractivity contribution in [2.75, 3.05) is 26.3 Å². The fraction of sp³-hybridized carbons (Fsp3) is 1.00. The highest BCUT2D eigenvalue weighted by Gasteiger charge is 2.31. The Bertz CT molecular complexity index is 185. The van der Waals surface area contributed by atoms with Crippen molar-refractivity contribution in [1.82, 2.24) is 4.90 Å². The predicted molar refractivity (Wildman–Crippen MR) is 52.9 cm³/mol. The first-order chi connectivity index (χ1) is 6.77. The van der Waals surface area contributed by atoms with Gasteiger partial charge in [0.15, 0.2) is 0 Å². The van der Waals surface area contributed by atoms with Crippen molar-refractivity contribution in [1.29, 1.82) is 0 Å². The number of likely N-dealkylation sites (tertiary alicyclic amines) is 1. The summed E-state index contributed by atoms with van der Waals surface area (Å²) in [4.78, 5) is 2.25. The minimum Gasteiger partial charge on any atom is -0.381 e. The lowest BCUT2D eigenvalue weighted by molar-refractivity contribution is 0.00859. The smallest absolute Gasteiger partial charge is 0.128 e. The molecular weight excluding hydrogens is 183 g/mol. The summed E-state index contributed by atoms with van der Waals surface area (Å²) in [5.41, 5.74) is 5.64. The molecular formula is C10H19FN2O. The first kappa shape index (κ1) is 10.3. The van der Waals surface area contributed by atoms with Gasteiger partial charge in [0.2, 0.25) is 0 Å². The van der Waals surface area contributed by atoms with Crippen molar-refractivity contribution >= 4 is 0 Å². The summed E-state index contributed by atoms with van der Waals surface area (Å²) in [5.74, 6) is 0. The Labute approximate surface area is 84.4 Å². The zero-order valence-electron chi connectivity index (χ0n) is 8.49. The number of nitrogens with zero attached hydrogens (tertiary/aromatic N) is 1. The fourth-order valence-corrected chi connectivity index (χ4v) is 2.33. The van der Waals surface area contributed by atoms with Gasteiger partial charge in [-0.15, -0.1) is 0 Å². The normalized spacial score (nSPS) is 37.3. The van der Waals surface area contributed by atoms with E-state index in [1.54, 1.807) is 0 Å². The number of rotatable bonds is 1. The topological polar surface area (TPSA) is 38.5 Å². The second kappa shape index (κ2) is 4.55. The number of alkyl halides is 1. The van der Waals surface area contributed by atoms with Crippen LogP contribution in [0.25, 0.3) is 0 Å². The van der Waals surface area contributed by atoms with Crippen molar-refractivity contribution < 1.29 is 9.13 Å². The maximum Gasteiger partial charge on any atom is 0.128 e. The van der Waals surface area contributed by atoms with Gasteiger partial charge < -0.3 is 10.5 Å². The number of halogens is 1. The summed E-state index contributed by atoms with van der Waals surface area (Å²) >= 11 is 0. The first-order valence-corrected chi connectivity index (χ1v) is 5.49. The molecule has 82 valence electrons. The minimum atomic E-state index is -0.841. The number of ether oxygens (including phenoxy) is 1. The molecule has 0 unspecified atom stereocenters. The van der Waals surface area contributed by atoms with E-state index in [4.69, 9.17) is 10.5 Å². The molecule has 2 saturated heterocycles. The van der Waals surface area contributed by atoms with E-state index in [1.165, 1.54) is 0 Å². The third kappa shape index (κ3) is 2.24. The average molecular weight is 202 g/mol. The van der Waals surface area contributed by atoms with Crippen molar-refractivity contribution in [3.05, 3.63) is 0 Å². The van der Waals surface area contributed by atoms with Crippen LogP contribution in [0.4, 0.5) is 4.39 Å². The van der Waals surface area contributed by atoms with Crippen LogP contribution in [-0.2, 0) is 4.74 Å². The molecule has 14 heavy (non-hydrogen) atoms. The lowest BCUT2D eigenvalue weighted by atomic mass is 9.99. The van der Waals surface area contributed by atoms with Gasteiger partial charge >= 0.3 is 0 Å². The number of piperidine rings is 1. The molecule has 2 aliphatic rings. The van der Waals surface area contributed by atoms with Gasteiger partial charge in [0.1, 0.15) is 6.17 Å². The molecule has 2 heterocycles. The van der Waals surface area contributed by atoms with E-state index in [2.05, 4.69) is 4.90 Å². The third-order valence-electron chi connectivity index (χ3n) is 3.33. The Hall–Kier alpha value is -0.190. The molecule has 0 aliphatic carbocycles. The van der Waals surface area contributed by atoms with E-state index >= 15 is 0 Å². The molecule has 2 rings (SSSR count). The molecule has 0 bridgehead atoms. The Morgan fingerprint density at radius 1 is 1.21 bits per heavy atom. The Balaban J connectivity index is 1.85. The van der Waals surface area contributed by atoms with E-state index in [9.17, 15) is 4.39 Å². The lowest BCUT2D eigenvalue weighted by Crippen LogP contribution is -2.52. The van der Waals surface area contributed by atoms with Gasteiger partial charge in [0.25, 0.3) is 0 Å².